The summed E-state index contributed by atoms with van der Waals surface area (Å²) < 4.78 is 6.90. The molecule has 176 valence electrons. The molecule has 1 amide bonds. The van der Waals surface area contributed by atoms with E-state index < -0.39 is 23.9 Å². The third-order valence-corrected chi connectivity index (χ3v) is 7.19. The Balaban J connectivity index is 1.93. The molecule has 1 aliphatic heterocycles. The van der Waals surface area contributed by atoms with Gasteiger partial charge in [-0.05, 0) is 43.4 Å². The predicted molar refractivity (Wildman–Crippen MR) is 126 cm³/mol. The lowest BCUT2D eigenvalue weighted by Gasteiger charge is -2.25. The zero-order valence-electron chi connectivity index (χ0n) is 19.2. The highest BCUT2D eigenvalue weighted by molar-refractivity contribution is 6.36. The lowest BCUT2D eigenvalue weighted by molar-refractivity contribution is -0.136. The maximum absolute atomic E-state index is 13.3. The monoisotopic (exact) mass is 473 g/mol. The first kappa shape index (κ1) is 23.2. The second-order valence-electron chi connectivity index (χ2n) is 9.10. The summed E-state index contributed by atoms with van der Waals surface area (Å²) in [5, 5.41) is 16.2. The van der Waals surface area contributed by atoms with E-state index in [2.05, 4.69) is 10.6 Å². The Kier molecular flexibility index (Phi) is 5.90. The van der Waals surface area contributed by atoms with Gasteiger partial charge < -0.3 is 25.0 Å². The van der Waals surface area contributed by atoms with Crippen LogP contribution >= 0.6 is 11.6 Å². The molecule has 1 saturated carbocycles. The molecule has 1 aromatic carbocycles. The third-order valence-electron chi connectivity index (χ3n) is 6.80. The van der Waals surface area contributed by atoms with Crippen LogP contribution in [-0.4, -0.2) is 40.2 Å². The molecule has 2 aromatic rings. The van der Waals surface area contributed by atoms with E-state index in [0.717, 1.165) is 12.8 Å². The number of hydrogen-bond acceptors (Lipinski definition) is 5. The van der Waals surface area contributed by atoms with Crippen LogP contribution in [-0.2, 0) is 18.3 Å². The highest BCUT2D eigenvalue weighted by Gasteiger charge is 2.47. The molecular weight excluding hydrogens is 446 g/mol. The zero-order chi connectivity index (χ0) is 24.1. The maximum atomic E-state index is 13.3. The number of rotatable bonds is 6. The number of carboxylic acid groups (broad SMARTS) is 1. The van der Waals surface area contributed by atoms with Crippen LogP contribution in [0.15, 0.2) is 16.9 Å². The van der Waals surface area contributed by atoms with Crippen molar-refractivity contribution in [2.24, 2.45) is 13.0 Å². The fourth-order valence-electron chi connectivity index (χ4n) is 4.58. The quantitative estimate of drug-likeness (QED) is 0.593. The van der Waals surface area contributed by atoms with Crippen molar-refractivity contribution in [1.82, 2.24) is 9.88 Å². The average molecular weight is 474 g/mol. The molecule has 1 aromatic heterocycles. The van der Waals surface area contributed by atoms with Crippen LogP contribution in [0, 0.1) is 12.8 Å². The Morgan fingerprint density at radius 1 is 1.33 bits per heavy atom. The van der Waals surface area contributed by atoms with Crippen molar-refractivity contribution in [3.05, 3.63) is 44.3 Å². The van der Waals surface area contributed by atoms with E-state index in [-0.39, 0.29) is 22.7 Å². The van der Waals surface area contributed by atoms with Crippen LogP contribution in [0.1, 0.15) is 48.3 Å². The molecule has 0 bridgehead atoms. The number of aromatic nitrogens is 1. The van der Waals surface area contributed by atoms with Gasteiger partial charge in [-0.25, -0.2) is 0 Å². The van der Waals surface area contributed by atoms with E-state index in [9.17, 15) is 19.5 Å². The number of nitrogens with one attached hydrogen (secondary N) is 2. The van der Waals surface area contributed by atoms with Crippen LogP contribution in [0.25, 0.3) is 11.1 Å². The molecule has 1 aliphatic carbocycles. The standard InChI is InChI=1S/C24H28ClN3O5/c1-12(2)24(7-8-24)27-22(31)19-13(3)18(15(11-17(29)30)28(4)23(19)32)14-5-6-16-21(20(14)25)26-9-10-33-16/h5-6,12,26H,7-11H2,1-4H3,(H,27,31)(H,29,30). The Labute approximate surface area is 196 Å². The highest BCUT2D eigenvalue weighted by atomic mass is 35.5. The molecular formula is C24H28ClN3O5. The number of benzene rings is 1. The van der Waals surface area contributed by atoms with Gasteiger partial charge in [0.1, 0.15) is 17.9 Å². The van der Waals surface area contributed by atoms with Gasteiger partial charge in [-0.2, -0.15) is 0 Å². The molecule has 1 fully saturated rings. The minimum atomic E-state index is -1.09. The molecule has 9 heteroatoms. The average Bonchev–Trinajstić information content (AvgIpc) is 3.54. The number of carboxylic acids is 1. The van der Waals surface area contributed by atoms with Gasteiger partial charge in [-0.3, -0.25) is 14.4 Å². The molecule has 4 rings (SSSR count). The Bertz CT molecular complexity index is 1210. The summed E-state index contributed by atoms with van der Waals surface area (Å²) >= 11 is 6.75. The number of nitrogens with zero attached hydrogens (tertiary/aromatic N) is 1. The Hall–Kier alpha value is -3.00. The molecule has 0 atom stereocenters. The van der Waals surface area contributed by atoms with Crippen LogP contribution in [0.5, 0.6) is 5.75 Å². The molecule has 8 nitrogen and oxygen atoms in total. The number of fused-ring (bicyclic) bond motifs is 1. The van der Waals surface area contributed by atoms with Crippen molar-refractivity contribution >= 4 is 29.2 Å². The van der Waals surface area contributed by atoms with E-state index in [1.807, 2.05) is 13.8 Å². The minimum absolute atomic E-state index is 0.00607. The van der Waals surface area contributed by atoms with Crippen molar-refractivity contribution < 1.29 is 19.4 Å². The molecule has 3 N–H and O–H groups in total. The van der Waals surface area contributed by atoms with Gasteiger partial charge >= 0.3 is 5.97 Å². The third kappa shape index (κ3) is 3.97. The molecule has 33 heavy (non-hydrogen) atoms. The number of amides is 1. The van der Waals surface area contributed by atoms with E-state index in [4.69, 9.17) is 16.3 Å². The van der Waals surface area contributed by atoms with Crippen molar-refractivity contribution in [2.75, 3.05) is 18.5 Å². The summed E-state index contributed by atoms with van der Waals surface area (Å²) in [6.45, 7) is 6.85. The van der Waals surface area contributed by atoms with Gasteiger partial charge in [0.2, 0.25) is 0 Å². The summed E-state index contributed by atoms with van der Waals surface area (Å²) in [5.74, 6) is -0.701. The minimum Gasteiger partial charge on any atom is -0.490 e. The number of pyridine rings is 1. The molecule has 0 saturated heterocycles. The van der Waals surface area contributed by atoms with Gasteiger partial charge in [-0.15, -0.1) is 0 Å². The van der Waals surface area contributed by atoms with Crippen molar-refractivity contribution in [3.63, 3.8) is 0 Å². The first-order valence-electron chi connectivity index (χ1n) is 11.0. The first-order valence-corrected chi connectivity index (χ1v) is 11.4. The van der Waals surface area contributed by atoms with Crippen molar-refractivity contribution in [2.45, 2.75) is 45.6 Å². The second kappa shape index (κ2) is 8.41. The topological polar surface area (TPSA) is 110 Å². The molecule has 0 spiro atoms. The summed E-state index contributed by atoms with van der Waals surface area (Å²) in [6.07, 6.45) is 1.33. The largest absolute Gasteiger partial charge is 0.490 e. The molecule has 0 radical (unpaired) electrons. The summed E-state index contributed by atoms with van der Waals surface area (Å²) in [7, 11) is 1.49. The van der Waals surface area contributed by atoms with Crippen LogP contribution in [0.4, 0.5) is 5.69 Å². The Morgan fingerprint density at radius 2 is 2.03 bits per heavy atom. The fourth-order valence-corrected chi connectivity index (χ4v) is 4.90. The SMILES string of the molecule is Cc1c(-c2ccc3c(c2Cl)NCCO3)c(CC(=O)O)n(C)c(=O)c1C(=O)NC1(C(C)C)CC1. The number of aliphatic carboxylic acids is 1. The van der Waals surface area contributed by atoms with E-state index in [1.54, 1.807) is 19.1 Å². The second-order valence-corrected chi connectivity index (χ2v) is 9.47. The van der Waals surface area contributed by atoms with Gasteiger partial charge in [0, 0.05) is 36.0 Å². The number of hydrogen-bond donors (Lipinski definition) is 3. The summed E-state index contributed by atoms with van der Waals surface area (Å²) in [4.78, 5) is 38.3. The van der Waals surface area contributed by atoms with Crippen molar-refractivity contribution in [1.29, 1.82) is 0 Å². The molecule has 0 unspecified atom stereocenters. The van der Waals surface area contributed by atoms with Crippen LogP contribution < -0.4 is 20.9 Å². The fraction of sp³-hybridized carbons (Fsp3) is 0.458. The first-order chi connectivity index (χ1) is 15.6. The number of carbonyl (C=O) groups excluding carboxylic acids is 1. The normalized spacial score (nSPS) is 15.9. The van der Waals surface area contributed by atoms with Gasteiger partial charge in [-0.1, -0.05) is 25.4 Å². The van der Waals surface area contributed by atoms with Crippen LogP contribution in [0.3, 0.4) is 0 Å². The highest BCUT2D eigenvalue weighted by Crippen LogP contribution is 2.44. The van der Waals surface area contributed by atoms with Crippen molar-refractivity contribution in [3.8, 4) is 16.9 Å². The number of anilines is 1. The van der Waals surface area contributed by atoms with Crippen LogP contribution in [0.2, 0.25) is 5.02 Å². The smallest absolute Gasteiger partial charge is 0.309 e. The van der Waals surface area contributed by atoms with Gasteiger partial charge in [0.15, 0.2) is 0 Å². The van der Waals surface area contributed by atoms with Gasteiger partial charge in [0.25, 0.3) is 11.5 Å². The lowest BCUT2D eigenvalue weighted by Crippen LogP contribution is -2.44. The van der Waals surface area contributed by atoms with E-state index in [1.165, 1.54) is 11.6 Å². The number of carbonyl (C=O) groups is 2. The van der Waals surface area contributed by atoms with Gasteiger partial charge in [0.05, 0.1) is 17.1 Å². The predicted octanol–water partition coefficient (Wildman–Crippen LogP) is 3.36. The summed E-state index contributed by atoms with van der Waals surface area (Å²) in [5.41, 5.74) is 1.48. The van der Waals surface area contributed by atoms with E-state index >= 15 is 0 Å². The maximum Gasteiger partial charge on any atom is 0.309 e. The number of halogens is 1. The zero-order valence-corrected chi connectivity index (χ0v) is 19.9. The summed E-state index contributed by atoms with van der Waals surface area (Å²) in [6, 6.07) is 3.50. The Morgan fingerprint density at radius 3 is 2.64 bits per heavy atom. The van der Waals surface area contributed by atoms with E-state index in [0.29, 0.717) is 46.3 Å². The lowest BCUT2D eigenvalue weighted by atomic mass is 9.92. The molecule has 2 aliphatic rings. The molecule has 2 heterocycles. The number of ether oxygens (including phenoxy) is 1.